The Morgan fingerprint density at radius 1 is 1.08 bits per heavy atom. The summed E-state index contributed by atoms with van der Waals surface area (Å²) in [6, 6.07) is 15.2. The third-order valence-corrected chi connectivity index (χ3v) is 5.30. The average Bonchev–Trinajstić information content (AvgIpc) is 3.41. The van der Waals surface area contributed by atoms with Gasteiger partial charge < -0.3 is 20.5 Å². The molecule has 0 unspecified atom stereocenters. The normalized spacial score (nSPS) is 12.2. The van der Waals surface area contributed by atoms with E-state index in [1.54, 1.807) is 6.20 Å². The number of aldehydes is 1. The summed E-state index contributed by atoms with van der Waals surface area (Å²) in [7, 11) is 0. The molecule has 1 amide bonds. The Hall–Kier alpha value is -4.45. The van der Waals surface area contributed by atoms with Crippen LogP contribution >= 0.6 is 11.6 Å². The zero-order valence-electron chi connectivity index (χ0n) is 18.8. The highest BCUT2D eigenvalue weighted by atomic mass is 35.5. The Morgan fingerprint density at radius 2 is 1.86 bits per heavy atom. The lowest BCUT2D eigenvalue weighted by Gasteiger charge is -2.14. The second-order valence-electron chi connectivity index (χ2n) is 7.70. The minimum atomic E-state index is -4.64. The molecule has 5 rings (SSSR count). The Balaban J connectivity index is 0.000000480. The second-order valence-corrected chi connectivity index (χ2v) is 8.11. The van der Waals surface area contributed by atoms with Crippen LogP contribution in [0.25, 0.3) is 0 Å². The fourth-order valence-electron chi connectivity index (χ4n) is 3.38. The maximum Gasteiger partial charge on any atom is 0.446 e. The quantitative estimate of drug-likeness (QED) is 0.282. The average molecular weight is 531 g/mol. The molecular formula is C24H18ClF3N6O3. The van der Waals surface area contributed by atoms with Gasteiger partial charge in [0.1, 0.15) is 5.02 Å². The number of nitrogens with zero attached hydrogens (tertiary/aromatic N) is 3. The molecule has 4 aromatic rings. The fourth-order valence-corrected chi connectivity index (χ4v) is 3.52. The first-order chi connectivity index (χ1) is 17.7. The Kier molecular flexibility index (Phi) is 7.68. The molecule has 3 heterocycles. The van der Waals surface area contributed by atoms with Gasteiger partial charge in [-0.3, -0.25) is 9.59 Å². The van der Waals surface area contributed by atoms with Gasteiger partial charge in [0.05, 0.1) is 12.4 Å². The van der Waals surface area contributed by atoms with E-state index < -0.39 is 12.5 Å². The predicted molar refractivity (Wildman–Crippen MR) is 130 cm³/mol. The zero-order valence-corrected chi connectivity index (χ0v) is 19.6. The van der Waals surface area contributed by atoms with Crippen molar-refractivity contribution in [3.05, 3.63) is 82.8 Å². The molecule has 0 radical (unpaired) electrons. The van der Waals surface area contributed by atoms with E-state index in [1.807, 2.05) is 30.3 Å². The maximum absolute atomic E-state index is 12.5. The largest absolute Gasteiger partial charge is 0.446 e. The van der Waals surface area contributed by atoms with Gasteiger partial charge in [0.15, 0.2) is 5.82 Å². The first kappa shape index (κ1) is 25.6. The number of aryl methyl sites for hydroxylation is 2. The first-order valence-electron chi connectivity index (χ1n) is 10.7. The van der Waals surface area contributed by atoms with Crippen molar-refractivity contribution in [2.24, 2.45) is 0 Å². The van der Waals surface area contributed by atoms with Crippen LogP contribution in [-0.4, -0.2) is 33.5 Å². The van der Waals surface area contributed by atoms with Crippen LogP contribution < -0.4 is 16.0 Å². The molecule has 1 aliphatic heterocycles. The van der Waals surface area contributed by atoms with E-state index in [9.17, 15) is 18.0 Å². The molecule has 9 nitrogen and oxygen atoms in total. The van der Waals surface area contributed by atoms with Gasteiger partial charge in [0.25, 0.3) is 5.91 Å². The van der Waals surface area contributed by atoms with Gasteiger partial charge in [-0.05, 0) is 54.3 Å². The lowest BCUT2D eigenvalue weighted by molar-refractivity contribution is -0.156. The molecule has 0 fully saturated rings. The van der Waals surface area contributed by atoms with E-state index in [4.69, 9.17) is 20.9 Å². The van der Waals surface area contributed by atoms with Crippen LogP contribution in [0.1, 0.15) is 21.7 Å². The molecular weight excluding hydrogens is 513 g/mol. The number of carbonyl (C=O) groups is 2. The SMILES string of the molecule is O=C(Nc1ccc2cc1CCc1cccc(c1)Nc1ncc(Cl)c(n1)N2)c1ccno1.O=CC(F)(F)F. The molecule has 0 aliphatic carbocycles. The summed E-state index contributed by atoms with van der Waals surface area (Å²) in [4.78, 5) is 29.9. The molecule has 37 heavy (non-hydrogen) atoms. The van der Waals surface area contributed by atoms with Crippen molar-refractivity contribution in [3.8, 4) is 0 Å². The second kappa shape index (κ2) is 11.1. The number of nitrogens with one attached hydrogen (secondary N) is 3. The van der Waals surface area contributed by atoms with Gasteiger partial charge in [-0.15, -0.1) is 0 Å². The van der Waals surface area contributed by atoms with Crippen molar-refractivity contribution in [3.63, 3.8) is 0 Å². The highest BCUT2D eigenvalue weighted by molar-refractivity contribution is 6.32. The number of hydrogen-bond acceptors (Lipinski definition) is 8. The summed E-state index contributed by atoms with van der Waals surface area (Å²) in [5.41, 5.74) is 4.48. The summed E-state index contributed by atoms with van der Waals surface area (Å²) in [5.74, 6) is 0.726. The van der Waals surface area contributed by atoms with E-state index in [1.165, 1.54) is 12.3 Å². The van der Waals surface area contributed by atoms with Crippen molar-refractivity contribution in [1.29, 1.82) is 0 Å². The molecule has 0 spiro atoms. The smallest absolute Gasteiger partial charge is 0.351 e. The van der Waals surface area contributed by atoms with Gasteiger partial charge in [0, 0.05) is 23.1 Å². The van der Waals surface area contributed by atoms with Gasteiger partial charge in [-0.25, -0.2) is 4.98 Å². The Labute approximate surface area is 213 Å². The number of alkyl halides is 3. The molecule has 0 atom stereocenters. The molecule has 2 aromatic heterocycles. The summed E-state index contributed by atoms with van der Waals surface area (Å²) < 4.78 is 36.2. The van der Waals surface area contributed by atoms with Crippen molar-refractivity contribution < 1.29 is 27.3 Å². The Morgan fingerprint density at radius 3 is 2.59 bits per heavy atom. The minimum Gasteiger partial charge on any atom is -0.351 e. The van der Waals surface area contributed by atoms with Crippen LogP contribution in [-0.2, 0) is 17.6 Å². The molecule has 0 saturated heterocycles. The number of anilines is 5. The maximum atomic E-state index is 12.5. The van der Waals surface area contributed by atoms with Gasteiger partial charge in [0.2, 0.25) is 18.0 Å². The molecule has 190 valence electrons. The highest BCUT2D eigenvalue weighted by Gasteiger charge is 2.25. The Bertz CT molecular complexity index is 1410. The topological polar surface area (TPSA) is 122 Å². The fraction of sp³-hybridized carbons (Fsp3) is 0.125. The molecule has 1 aliphatic rings. The van der Waals surface area contributed by atoms with Crippen LogP contribution in [0.5, 0.6) is 0 Å². The van der Waals surface area contributed by atoms with Crippen LogP contribution in [0, 0.1) is 0 Å². The van der Waals surface area contributed by atoms with Crippen molar-refractivity contribution in [2.45, 2.75) is 19.0 Å². The van der Waals surface area contributed by atoms with Gasteiger partial charge in [-0.1, -0.05) is 28.9 Å². The minimum absolute atomic E-state index is 0.151. The number of benzene rings is 2. The molecule has 3 N–H and O–H groups in total. The van der Waals surface area contributed by atoms with Crippen LogP contribution in [0.4, 0.5) is 42.0 Å². The third kappa shape index (κ3) is 7.04. The van der Waals surface area contributed by atoms with E-state index in [0.29, 0.717) is 28.9 Å². The standard InChI is InChI=1S/C22H17ClN6O2.C2HF3O/c23-17-12-24-22-27-15-3-1-2-13(10-15)4-5-14-11-16(26-20(17)29-22)6-7-18(14)28-21(30)19-8-9-25-31-19;3-2(4,5)1-6/h1-3,6-12H,4-5H2,(H,28,30)(H2,24,26,27,29);1H. The summed E-state index contributed by atoms with van der Waals surface area (Å²) >= 11 is 6.30. The predicted octanol–water partition coefficient (Wildman–Crippen LogP) is 5.70. The number of fused-ring (bicyclic) bond motifs is 6. The molecule has 2 aromatic carbocycles. The molecule has 6 bridgehead atoms. The summed E-state index contributed by atoms with van der Waals surface area (Å²) in [6.07, 6.45) is -1.22. The lowest BCUT2D eigenvalue weighted by Crippen LogP contribution is -2.13. The van der Waals surface area contributed by atoms with E-state index in [0.717, 1.165) is 28.9 Å². The van der Waals surface area contributed by atoms with Crippen LogP contribution in [0.2, 0.25) is 5.02 Å². The van der Waals surface area contributed by atoms with Crippen molar-refractivity contribution >= 4 is 52.6 Å². The van der Waals surface area contributed by atoms with Crippen LogP contribution in [0.3, 0.4) is 0 Å². The van der Waals surface area contributed by atoms with Gasteiger partial charge >= 0.3 is 6.18 Å². The summed E-state index contributed by atoms with van der Waals surface area (Å²) in [5, 5.41) is 13.4. The zero-order chi connectivity index (χ0) is 26.4. The number of amides is 1. The molecule has 13 heteroatoms. The van der Waals surface area contributed by atoms with Crippen molar-refractivity contribution in [2.75, 3.05) is 16.0 Å². The molecule has 0 saturated carbocycles. The number of aromatic nitrogens is 3. The number of rotatable bonds is 2. The van der Waals surface area contributed by atoms with E-state index in [-0.39, 0.29) is 11.7 Å². The number of hydrogen-bond donors (Lipinski definition) is 3. The summed E-state index contributed by atoms with van der Waals surface area (Å²) in [6.45, 7) is 0. The van der Waals surface area contributed by atoms with Gasteiger partial charge in [-0.2, -0.15) is 18.2 Å². The van der Waals surface area contributed by atoms with Crippen LogP contribution in [0.15, 0.2) is 65.4 Å². The monoisotopic (exact) mass is 530 g/mol. The lowest BCUT2D eigenvalue weighted by atomic mass is 10.0. The highest BCUT2D eigenvalue weighted by Crippen LogP contribution is 2.29. The van der Waals surface area contributed by atoms with E-state index in [2.05, 4.69) is 43.2 Å². The van der Waals surface area contributed by atoms with Crippen molar-refractivity contribution in [1.82, 2.24) is 15.1 Å². The van der Waals surface area contributed by atoms with E-state index >= 15 is 0 Å². The number of halogens is 4. The number of carbonyl (C=O) groups excluding carboxylic acids is 2. The first-order valence-corrected chi connectivity index (χ1v) is 11.1. The third-order valence-electron chi connectivity index (χ3n) is 5.02.